The molecule has 0 aliphatic rings. The lowest BCUT2D eigenvalue weighted by Gasteiger charge is -2.17. The van der Waals surface area contributed by atoms with E-state index in [1.165, 1.54) is 6.92 Å². The molecule has 1 atom stereocenters. The lowest BCUT2D eigenvalue weighted by Crippen LogP contribution is -2.17. The fourth-order valence-electron chi connectivity index (χ4n) is 2.13. The second-order valence-corrected chi connectivity index (χ2v) is 6.55. The van der Waals surface area contributed by atoms with Gasteiger partial charge < -0.3 is 15.8 Å². The number of carbonyl (C=O) groups is 1. The molecule has 0 spiro atoms. The molecule has 0 radical (unpaired) electrons. The molecule has 1 amide bonds. The van der Waals surface area contributed by atoms with Gasteiger partial charge in [0.05, 0.1) is 11.3 Å². The summed E-state index contributed by atoms with van der Waals surface area (Å²) in [6, 6.07) is 6.39. The number of rotatable bonds is 5. The van der Waals surface area contributed by atoms with E-state index in [-0.39, 0.29) is 11.3 Å². The first-order valence-corrected chi connectivity index (χ1v) is 8.30. The molecule has 4 nitrogen and oxygen atoms in total. The van der Waals surface area contributed by atoms with E-state index in [2.05, 4.69) is 33.8 Å². The van der Waals surface area contributed by atoms with Crippen LogP contribution in [0.1, 0.15) is 22.8 Å². The molecule has 25 heavy (non-hydrogen) atoms. The second kappa shape index (κ2) is 7.70. The molecule has 7 heteroatoms. The number of amides is 1. The third kappa shape index (κ3) is 4.20. The topological polar surface area (TPSA) is 64.3 Å². The van der Waals surface area contributed by atoms with E-state index in [4.69, 9.17) is 16.9 Å². The fraction of sp³-hybridized carbons (Fsp3) is 0.167. The minimum atomic E-state index is -1.27. The highest BCUT2D eigenvalue weighted by Gasteiger charge is 2.23. The van der Waals surface area contributed by atoms with Gasteiger partial charge in [-0.3, -0.25) is 4.79 Å². The number of hydrogen-bond donors (Lipinski definition) is 2. The molecule has 0 aliphatic heterocycles. The van der Waals surface area contributed by atoms with E-state index in [0.717, 1.165) is 15.2 Å². The maximum Gasteiger partial charge on any atom is 0.251 e. The minimum absolute atomic E-state index is 0.240. The summed E-state index contributed by atoms with van der Waals surface area (Å²) in [4.78, 5) is 11.7. The standard InChI is InChI=1S/C18H15F2IN2O2/c1-4-10(3)25-14-8-12(18(22)24)17(16(20)15(14)19)23-13-6-5-11(21)7-9(13)2/h1,5-8,10,23H,2-3H3,(H2,22,24). The fourth-order valence-corrected chi connectivity index (χ4v) is 2.78. The van der Waals surface area contributed by atoms with Crippen LogP contribution in [-0.2, 0) is 0 Å². The van der Waals surface area contributed by atoms with Crippen molar-refractivity contribution in [2.24, 2.45) is 5.73 Å². The molecule has 0 aliphatic carbocycles. The molecular weight excluding hydrogens is 441 g/mol. The van der Waals surface area contributed by atoms with Crippen molar-refractivity contribution in [1.82, 2.24) is 0 Å². The summed E-state index contributed by atoms with van der Waals surface area (Å²) < 4.78 is 35.0. The summed E-state index contributed by atoms with van der Waals surface area (Å²) in [5, 5.41) is 2.74. The van der Waals surface area contributed by atoms with E-state index in [0.29, 0.717) is 5.69 Å². The van der Waals surface area contributed by atoms with Gasteiger partial charge in [0.2, 0.25) is 5.82 Å². The Hall–Kier alpha value is -2.34. The number of aryl methyl sites for hydroxylation is 1. The number of primary amides is 1. The van der Waals surface area contributed by atoms with Crippen LogP contribution < -0.4 is 15.8 Å². The van der Waals surface area contributed by atoms with Gasteiger partial charge in [0.15, 0.2) is 17.7 Å². The van der Waals surface area contributed by atoms with Crippen LogP contribution in [-0.4, -0.2) is 12.0 Å². The number of carbonyl (C=O) groups excluding carboxylic acids is 1. The van der Waals surface area contributed by atoms with Gasteiger partial charge in [0, 0.05) is 9.26 Å². The Morgan fingerprint density at radius 3 is 2.60 bits per heavy atom. The van der Waals surface area contributed by atoms with Crippen molar-refractivity contribution in [2.45, 2.75) is 20.0 Å². The van der Waals surface area contributed by atoms with Crippen molar-refractivity contribution in [3.05, 3.63) is 50.6 Å². The summed E-state index contributed by atoms with van der Waals surface area (Å²) in [6.07, 6.45) is 4.37. The van der Waals surface area contributed by atoms with Crippen LogP contribution in [0.5, 0.6) is 5.75 Å². The van der Waals surface area contributed by atoms with Gasteiger partial charge >= 0.3 is 0 Å². The van der Waals surface area contributed by atoms with E-state index >= 15 is 0 Å². The van der Waals surface area contributed by atoms with Crippen molar-refractivity contribution in [1.29, 1.82) is 0 Å². The molecule has 0 heterocycles. The average Bonchev–Trinajstić information content (AvgIpc) is 2.55. The molecular formula is C18H15F2IN2O2. The number of hydrogen-bond acceptors (Lipinski definition) is 3. The summed E-state index contributed by atoms with van der Waals surface area (Å²) in [5.74, 6) is -1.69. The zero-order valence-electron chi connectivity index (χ0n) is 13.5. The van der Waals surface area contributed by atoms with Crippen molar-refractivity contribution in [2.75, 3.05) is 5.32 Å². The molecule has 130 valence electrons. The van der Waals surface area contributed by atoms with Gasteiger partial charge in [0.1, 0.15) is 0 Å². The first kappa shape index (κ1) is 19.0. The van der Waals surface area contributed by atoms with Crippen molar-refractivity contribution in [3.63, 3.8) is 0 Å². The Morgan fingerprint density at radius 1 is 1.36 bits per heavy atom. The number of ether oxygens (including phenoxy) is 1. The molecule has 0 saturated carbocycles. The maximum atomic E-state index is 14.6. The highest BCUT2D eigenvalue weighted by atomic mass is 127. The SMILES string of the molecule is C#CC(C)Oc1cc(C(N)=O)c(Nc2ccc(I)cc2C)c(F)c1F. The second-order valence-electron chi connectivity index (χ2n) is 5.30. The van der Waals surface area contributed by atoms with E-state index in [1.807, 2.05) is 6.07 Å². The van der Waals surface area contributed by atoms with Gasteiger partial charge in [-0.05, 0) is 66.3 Å². The van der Waals surface area contributed by atoms with Crippen molar-refractivity contribution >= 4 is 39.9 Å². The number of anilines is 2. The smallest absolute Gasteiger partial charge is 0.251 e. The third-order valence-electron chi connectivity index (χ3n) is 3.43. The van der Waals surface area contributed by atoms with E-state index < -0.39 is 29.4 Å². The molecule has 0 bridgehead atoms. The quantitative estimate of drug-likeness (QED) is 0.526. The summed E-state index contributed by atoms with van der Waals surface area (Å²) in [5.41, 5.74) is 6.04. The predicted octanol–water partition coefficient (Wildman–Crippen LogP) is 4.12. The van der Waals surface area contributed by atoms with Crippen molar-refractivity contribution < 1.29 is 18.3 Å². The first-order chi connectivity index (χ1) is 11.7. The van der Waals surface area contributed by atoms with Crippen LogP contribution in [0.3, 0.4) is 0 Å². The van der Waals surface area contributed by atoms with Gasteiger partial charge in [-0.25, -0.2) is 4.39 Å². The predicted molar refractivity (Wildman–Crippen MR) is 101 cm³/mol. The van der Waals surface area contributed by atoms with Crippen LogP contribution in [0.25, 0.3) is 0 Å². The zero-order valence-corrected chi connectivity index (χ0v) is 15.6. The Kier molecular flexibility index (Phi) is 5.85. The van der Waals surface area contributed by atoms with Gasteiger partial charge in [-0.1, -0.05) is 5.92 Å². The number of nitrogens with one attached hydrogen (secondary N) is 1. The van der Waals surface area contributed by atoms with Crippen LogP contribution >= 0.6 is 22.6 Å². The monoisotopic (exact) mass is 456 g/mol. The summed E-state index contributed by atoms with van der Waals surface area (Å²) in [7, 11) is 0. The molecule has 3 N–H and O–H groups in total. The van der Waals surface area contributed by atoms with E-state index in [1.54, 1.807) is 19.1 Å². The molecule has 0 saturated heterocycles. The molecule has 2 aromatic carbocycles. The highest BCUT2D eigenvalue weighted by Crippen LogP contribution is 2.33. The van der Waals surface area contributed by atoms with Gasteiger partial charge in [0.25, 0.3) is 5.91 Å². The minimum Gasteiger partial charge on any atom is -0.475 e. The lowest BCUT2D eigenvalue weighted by molar-refractivity contribution is 0.1000. The lowest BCUT2D eigenvalue weighted by atomic mass is 10.1. The van der Waals surface area contributed by atoms with Crippen molar-refractivity contribution in [3.8, 4) is 18.1 Å². The number of nitrogens with two attached hydrogens (primary N) is 1. The normalized spacial score (nSPS) is 11.5. The molecule has 0 aromatic heterocycles. The van der Waals surface area contributed by atoms with Crippen LogP contribution in [0.4, 0.5) is 20.2 Å². The van der Waals surface area contributed by atoms with Gasteiger partial charge in [-0.15, -0.1) is 6.42 Å². The first-order valence-electron chi connectivity index (χ1n) is 7.22. The van der Waals surface area contributed by atoms with Crippen LogP contribution in [0, 0.1) is 34.5 Å². The maximum absolute atomic E-state index is 14.6. The number of terminal acetylenes is 1. The highest BCUT2D eigenvalue weighted by molar-refractivity contribution is 14.1. The largest absolute Gasteiger partial charge is 0.475 e. The molecule has 0 fully saturated rings. The zero-order chi connectivity index (χ0) is 18.7. The Balaban J connectivity index is 2.55. The summed E-state index contributed by atoms with van der Waals surface area (Å²) in [6.45, 7) is 3.29. The third-order valence-corrected chi connectivity index (χ3v) is 4.10. The van der Waals surface area contributed by atoms with Crippen LogP contribution in [0.15, 0.2) is 24.3 Å². The Bertz CT molecular complexity index is 878. The molecule has 2 rings (SSSR count). The molecule has 1 unspecified atom stereocenters. The Labute approximate surface area is 157 Å². The number of benzene rings is 2. The summed E-state index contributed by atoms with van der Waals surface area (Å²) >= 11 is 2.13. The average molecular weight is 456 g/mol. The van der Waals surface area contributed by atoms with Gasteiger partial charge in [-0.2, -0.15) is 4.39 Å². The molecule has 2 aromatic rings. The Morgan fingerprint density at radius 2 is 2.04 bits per heavy atom. The number of halogens is 3. The van der Waals surface area contributed by atoms with E-state index in [9.17, 15) is 13.6 Å². The van der Waals surface area contributed by atoms with Crippen LogP contribution in [0.2, 0.25) is 0 Å².